The summed E-state index contributed by atoms with van der Waals surface area (Å²) in [7, 11) is 0. The molecule has 0 fully saturated rings. The highest BCUT2D eigenvalue weighted by atomic mass is 35.5. The van der Waals surface area contributed by atoms with Crippen LogP contribution in [0.4, 0.5) is 0 Å². The average molecular weight is 370 g/mol. The van der Waals surface area contributed by atoms with Gasteiger partial charge in [0, 0.05) is 10.6 Å². The van der Waals surface area contributed by atoms with E-state index < -0.39 is 23.3 Å². The summed E-state index contributed by atoms with van der Waals surface area (Å²) >= 11 is 5.82. The van der Waals surface area contributed by atoms with Gasteiger partial charge in [0.25, 0.3) is 11.8 Å². The van der Waals surface area contributed by atoms with E-state index in [-0.39, 0.29) is 19.1 Å². The molecule has 0 unspecified atom stereocenters. The Hall–Kier alpha value is -2.12. The van der Waals surface area contributed by atoms with Crippen LogP contribution >= 0.6 is 11.6 Å². The number of hydrogen-bond acceptors (Lipinski definition) is 5. The monoisotopic (exact) mass is 369 g/mol. The van der Waals surface area contributed by atoms with Gasteiger partial charge in [-0.25, -0.2) is 0 Å². The van der Waals surface area contributed by atoms with E-state index in [1.54, 1.807) is 32.0 Å². The highest BCUT2D eigenvalue weighted by molar-refractivity contribution is 6.30. The fourth-order valence-corrected chi connectivity index (χ4v) is 2.12. The van der Waals surface area contributed by atoms with Gasteiger partial charge in [-0.3, -0.25) is 30.6 Å². The van der Waals surface area contributed by atoms with Gasteiger partial charge in [-0.2, -0.15) is 0 Å². The largest absolute Gasteiger partial charge is 0.465 e. The molecule has 0 aliphatic rings. The summed E-state index contributed by atoms with van der Waals surface area (Å²) < 4.78 is 5.05. The summed E-state index contributed by atoms with van der Waals surface area (Å²) in [6, 6.07) is 6.33. The average Bonchev–Trinajstić information content (AvgIpc) is 2.57. The normalized spacial score (nSPS) is 13.0. The minimum atomic E-state index is -1.01. The maximum Gasteiger partial charge on any atom is 0.326 e. The number of carbonyl (C=O) groups excluding carboxylic acids is 3. The van der Waals surface area contributed by atoms with Crippen molar-refractivity contribution < 1.29 is 19.1 Å². The zero-order valence-electron chi connectivity index (χ0n) is 14.8. The third-order valence-electron chi connectivity index (χ3n) is 3.87. The summed E-state index contributed by atoms with van der Waals surface area (Å²) in [6.45, 7) is 7.18. The molecule has 0 aliphatic heterocycles. The summed E-state index contributed by atoms with van der Waals surface area (Å²) in [5.74, 6) is -1.51. The van der Waals surface area contributed by atoms with Crippen LogP contribution in [0.3, 0.4) is 0 Å². The van der Waals surface area contributed by atoms with E-state index in [1.807, 2.05) is 13.8 Å². The second kappa shape index (κ2) is 9.39. The Morgan fingerprint density at radius 3 is 2.48 bits per heavy atom. The molecule has 1 aromatic rings. The predicted octanol–water partition coefficient (Wildman–Crippen LogP) is 1.67. The number of carbonyl (C=O) groups is 3. The van der Waals surface area contributed by atoms with Crippen molar-refractivity contribution in [3.63, 3.8) is 0 Å². The molecule has 0 saturated carbocycles. The van der Waals surface area contributed by atoms with E-state index >= 15 is 0 Å². The van der Waals surface area contributed by atoms with E-state index in [9.17, 15) is 14.4 Å². The summed E-state index contributed by atoms with van der Waals surface area (Å²) in [6.07, 6.45) is 0. The zero-order valence-corrected chi connectivity index (χ0v) is 15.6. The van der Waals surface area contributed by atoms with Crippen LogP contribution in [0.15, 0.2) is 24.3 Å². The van der Waals surface area contributed by atoms with Gasteiger partial charge in [-0.1, -0.05) is 31.5 Å². The first-order chi connectivity index (χ1) is 11.7. The number of nitrogens with one attached hydrogen (secondary N) is 3. The lowest BCUT2D eigenvalue weighted by Gasteiger charge is -2.32. The van der Waals surface area contributed by atoms with Crippen molar-refractivity contribution in [3.8, 4) is 0 Å². The smallest absolute Gasteiger partial charge is 0.326 e. The number of amides is 2. The van der Waals surface area contributed by atoms with Crippen molar-refractivity contribution in [2.75, 3.05) is 13.2 Å². The molecule has 0 bridgehead atoms. The van der Waals surface area contributed by atoms with Crippen molar-refractivity contribution in [2.45, 2.75) is 33.2 Å². The molecule has 1 rings (SSSR count). The van der Waals surface area contributed by atoms with Gasteiger partial charge >= 0.3 is 5.97 Å². The molecular weight excluding hydrogens is 346 g/mol. The van der Waals surface area contributed by atoms with Gasteiger partial charge in [-0.15, -0.1) is 0 Å². The summed E-state index contributed by atoms with van der Waals surface area (Å²) in [4.78, 5) is 36.0. The SMILES string of the molecule is CCOC(=O)[C@](C)(NCC(=O)NNC(=O)c1cccc(Cl)c1)C(C)C. The van der Waals surface area contributed by atoms with Crippen LogP contribution in [0.5, 0.6) is 0 Å². The van der Waals surface area contributed by atoms with Gasteiger partial charge in [0.1, 0.15) is 5.54 Å². The molecule has 1 atom stereocenters. The van der Waals surface area contributed by atoms with Gasteiger partial charge in [0.15, 0.2) is 0 Å². The van der Waals surface area contributed by atoms with E-state index in [2.05, 4.69) is 16.2 Å². The molecule has 0 heterocycles. The molecule has 1 aromatic carbocycles. The molecule has 0 radical (unpaired) electrons. The Kier molecular flexibility index (Phi) is 7.86. The molecule has 8 heteroatoms. The maximum absolute atomic E-state index is 12.1. The van der Waals surface area contributed by atoms with Gasteiger partial charge in [0.05, 0.1) is 13.2 Å². The van der Waals surface area contributed by atoms with Crippen LogP contribution in [-0.2, 0) is 14.3 Å². The molecule has 3 N–H and O–H groups in total. The van der Waals surface area contributed by atoms with Crippen LogP contribution < -0.4 is 16.2 Å². The molecule has 0 spiro atoms. The van der Waals surface area contributed by atoms with E-state index in [0.29, 0.717) is 10.6 Å². The molecular formula is C17H24ClN3O4. The lowest BCUT2D eigenvalue weighted by atomic mass is 9.88. The number of hydrogen-bond donors (Lipinski definition) is 3. The molecule has 0 saturated heterocycles. The fourth-order valence-electron chi connectivity index (χ4n) is 1.93. The third kappa shape index (κ3) is 6.03. The highest BCUT2D eigenvalue weighted by Gasteiger charge is 2.38. The molecule has 138 valence electrons. The van der Waals surface area contributed by atoms with Crippen LogP contribution in [0.1, 0.15) is 38.1 Å². The van der Waals surface area contributed by atoms with Crippen LogP contribution in [0.25, 0.3) is 0 Å². The van der Waals surface area contributed by atoms with Crippen molar-refractivity contribution in [1.29, 1.82) is 0 Å². The number of esters is 1. The van der Waals surface area contributed by atoms with Crippen LogP contribution in [-0.4, -0.2) is 36.5 Å². The topological polar surface area (TPSA) is 96.5 Å². The number of rotatable bonds is 7. The number of halogens is 1. The maximum atomic E-state index is 12.1. The fraction of sp³-hybridized carbons (Fsp3) is 0.471. The Bertz CT molecular complexity index is 636. The predicted molar refractivity (Wildman–Crippen MR) is 94.9 cm³/mol. The van der Waals surface area contributed by atoms with Gasteiger partial charge in [0.2, 0.25) is 0 Å². The number of benzene rings is 1. The van der Waals surface area contributed by atoms with Crippen molar-refractivity contribution in [2.24, 2.45) is 5.92 Å². The Labute approximate surface area is 152 Å². The zero-order chi connectivity index (χ0) is 19.0. The Morgan fingerprint density at radius 2 is 1.92 bits per heavy atom. The second-order valence-electron chi connectivity index (χ2n) is 5.94. The van der Waals surface area contributed by atoms with Crippen molar-refractivity contribution in [3.05, 3.63) is 34.9 Å². The van der Waals surface area contributed by atoms with Gasteiger partial charge < -0.3 is 4.74 Å². The highest BCUT2D eigenvalue weighted by Crippen LogP contribution is 2.18. The molecule has 0 aliphatic carbocycles. The summed E-state index contributed by atoms with van der Waals surface area (Å²) in [5, 5.41) is 3.31. The molecule has 7 nitrogen and oxygen atoms in total. The lowest BCUT2D eigenvalue weighted by molar-refractivity contribution is -0.152. The minimum absolute atomic E-state index is 0.0969. The molecule has 2 amide bonds. The summed E-state index contributed by atoms with van der Waals surface area (Å²) in [5.41, 5.74) is 3.89. The quantitative estimate of drug-likeness (QED) is 0.502. The Balaban J connectivity index is 2.55. The number of ether oxygens (including phenoxy) is 1. The van der Waals surface area contributed by atoms with Crippen molar-refractivity contribution >= 4 is 29.4 Å². The third-order valence-corrected chi connectivity index (χ3v) is 4.11. The second-order valence-corrected chi connectivity index (χ2v) is 6.38. The molecule has 0 aromatic heterocycles. The van der Waals surface area contributed by atoms with Crippen molar-refractivity contribution in [1.82, 2.24) is 16.2 Å². The van der Waals surface area contributed by atoms with Crippen LogP contribution in [0, 0.1) is 5.92 Å². The van der Waals surface area contributed by atoms with Crippen LogP contribution in [0.2, 0.25) is 5.02 Å². The first kappa shape index (κ1) is 20.9. The van der Waals surface area contributed by atoms with E-state index in [4.69, 9.17) is 16.3 Å². The van der Waals surface area contributed by atoms with E-state index in [1.165, 1.54) is 6.07 Å². The minimum Gasteiger partial charge on any atom is -0.465 e. The standard InChI is InChI=1S/C17H24ClN3O4/c1-5-25-16(24)17(4,11(2)3)19-10-14(22)20-21-15(23)12-7-6-8-13(18)9-12/h6-9,11,19H,5,10H2,1-4H3,(H,20,22)(H,21,23)/t17-/m1/s1. The Morgan fingerprint density at radius 1 is 1.24 bits per heavy atom. The van der Waals surface area contributed by atoms with Gasteiger partial charge in [-0.05, 0) is 38.0 Å². The molecule has 25 heavy (non-hydrogen) atoms. The van der Waals surface area contributed by atoms with E-state index in [0.717, 1.165) is 0 Å². The first-order valence-corrected chi connectivity index (χ1v) is 8.35. The number of hydrazine groups is 1. The lowest BCUT2D eigenvalue weighted by Crippen LogP contribution is -2.57. The first-order valence-electron chi connectivity index (χ1n) is 7.97.